The van der Waals surface area contributed by atoms with E-state index in [0.717, 1.165) is 22.4 Å². The lowest BCUT2D eigenvalue weighted by Crippen LogP contribution is -2.06. The summed E-state index contributed by atoms with van der Waals surface area (Å²) in [6.07, 6.45) is 1.73. The topological polar surface area (TPSA) is 127 Å². The summed E-state index contributed by atoms with van der Waals surface area (Å²) in [5.74, 6) is 0.597. The highest BCUT2D eigenvalue weighted by Crippen LogP contribution is 2.27. The molecule has 0 aliphatic heterocycles. The second-order valence-electron chi connectivity index (χ2n) is 6.58. The Morgan fingerprint density at radius 3 is 2.33 bits per heavy atom. The molecule has 156 valence electrons. The lowest BCUT2D eigenvalue weighted by molar-refractivity contribution is 1.11. The summed E-state index contributed by atoms with van der Waals surface area (Å²) >= 11 is 0. The second kappa shape index (κ2) is 10.1. The van der Waals surface area contributed by atoms with Gasteiger partial charge in [0.15, 0.2) is 0 Å². The van der Waals surface area contributed by atoms with Gasteiger partial charge in [-0.2, -0.15) is 0 Å². The summed E-state index contributed by atoms with van der Waals surface area (Å²) in [4.78, 5) is 4.66. The van der Waals surface area contributed by atoms with Crippen LogP contribution in [0, 0.1) is 5.41 Å². The summed E-state index contributed by atoms with van der Waals surface area (Å²) in [5, 5.41) is 11.2. The van der Waals surface area contributed by atoms with Crippen LogP contribution in [0.5, 0.6) is 0 Å². The maximum Gasteiger partial charge on any atom is 0.150 e. The van der Waals surface area contributed by atoms with E-state index in [0.29, 0.717) is 40.7 Å². The van der Waals surface area contributed by atoms with E-state index >= 15 is 0 Å². The highest BCUT2D eigenvalue weighted by atomic mass is 15.0. The summed E-state index contributed by atoms with van der Waals surface area (Å²) in [5.41, 5.74) is 24.5. The van der Waals surface area contributed by atoms with Crippen molar-refractivity contribution in [3.63, 3.8) is 0 Å². The first-order chi connectivity index (χ1) is 14.4. The maximum atomic E-state index is 7.87. The zero-order valence-electron chi connectivity index (χ0n) is 17.8. The van der Waals surface area contributed by atoms with Crippen LogP contribution in [-0.2, 0) is 6.54 Å². The summed E-state index contributed by atoms with van der Waals surface area (Å²) in [6.45, 7) is 10.0. The average molecular weight is 403 g/mol. The van der Waals surface area contributed by atoms with Crippen molar-refractivity contribution in [1.82, 2.24) is 4.98 Å². The highest BCUT2D eigenvalue weighted by Gasteiger charge is 2.09. The van der Waals surface area contributed by atoms with Gasteiger partial charge in [0, 0.05) is 34.8 Å². The molecule has 0 atom stereocenters. The number of nitrogen functional groups attached to an aromatic ring is 3. The molecule has 0 amide bonds. The maximum absolute atomic E-state index is 7.87. The minimum absolute atomic E-state index is 0.412. The number of aromatic nitrogens is 1. The normalized spacial score (nSPS) is 9.97. The molecule has 0 aliphatic carbocycles. The van der Waals surface area contributed by atoms with Crippen molar-refractivity contribution in [3.05, 3.63) is 71.8 Å². The summed E-state index contributed by atoms with van der Waals surface area (Å²) in [7, 11) is 0. The molecule has 0 fully saturated rings. The lowest BCUT2D eigenvalue weighted by Gasteiger charge is -2.12. The fraction of sp³-hybridized carbons (Fsp3) is 0.167. The van der Waals surface area contributed by atoms with E-state index in [1.54, 1.807) is 19.1 Å². The highest BCUT2D eigenvalue weighted by molar-refractivity contribution is 6.02. The third kappa shape index (κ3) is 5.17. The first-order valence-corrected chi connectivity index (χ1v) is 9.85. The van der Waals surface area contributed by atoms with Gasteiger partial charge in [-0.25, -0.2) is 4.98 Å². The molecule has 1 aromatic heterocycles. The van der Waals surface area contributed by atoms with Crippen LogP contribution < -0.4 is 22.5 Å². The van der Waals surface area contributed by atoms with Gasteiger partial charge in [0.25, 0.3) is 0 Å². The van der Waals surface area contributed by atoms with Crippen LogP contribution in [0.15, 0.2) is 55.1 Å². The molecular weight excluding hydrogens is 372 g/mol. The fourth-order valence-corrected chi connectivity index (χ4v) is 2.91. The van der Waals surface area contributed by atoms with Gasteiger partial charge in [0.1, 0.15) is 5.82 Å². The summed E-state index contributed by atoms with van der Waals surface area (Å²) in [6, 6.07) is 15.0. The molecule has 6 nitrogen and oxygen atoms in total. The number of hydrogen-bond donors (Lipinski definition) is 5. The quantitative estimate of drug-likeness (QED) is 0.287. The van der Waals surface area contributed by atoms with Gasteiger partial charge in [-0.15, -0.1) is 0 Å². The van der Waals surface area contributed by atoms with Crippen LogP contribution in [-0.4, -0.2) is 10.7 Å². The predicted molar refractivity (Wildman–Crippen MR) is 131 cm³/mol. The number of hydrogen-bond acceptors (Lipinski definition) is 6. The Kier molecular flexibility index (Phi) is 7.58. The Balaban J connectivity index is 0.00000155. The number of anilines is 4. The Hall–Kier alpha value is -3.80. The molecule has 3 aromatic rings. The number of nitrogens with two attached hydrogens (primary N) is 3. The number of pyridine rings is 1. The van der Waals surface area contributed by atoms with Gasteiger partial charge in [0.05, 0.1) is 11.4 Å². The average Bonchev–Trinajstić information content (AvgIpc) is 2.75. The van der Waals surface area contributed by atoms with E-state index in [2.05, 4.69) is 16.9 Å². The first-order valence-electron chi connectivity index (χ1n) is 9.85. The van der Waals surface area contributed by atoms with Gasteiger partial charge >= 0.3 is 0 Å². The van der Waals surface area contributed by atoms with Crippen molar-refractivity contribution >= 4 is 34.7 Å². The van der Waals surface area contributed by atoms with Gasteiger partial charge in [-0.05, 0) is 54.4 Å². The number of rotatable bonds is 6. The van der Waals surface area contributed by atoms with E-state index in [9.17, 15) is 0 Å². The smallest absolute Gasteiger partial charge is 0.150 e. The van der Waals surface area contributed by atoms with E-state index in [-0.39, 0.29) is 0 Å². The van der Waals surface area contributed by atoms with Crippen molar-refractivity contribution < 1.29 is 0 Å². The molecule has 0 unspecified atom stereocenters. The number of nitrogens with zero attached hydrogens (tertiary/aromatic N) is 1. The molecule has 0 aliphatic rings. The predicted octanol–water partition coefficient (Wildman–Crippen LogP) is 5.16. The van der Waals surface area contributed by atoms with E-state index in [1.807, 2.05) is 56.3 Å². The molecule has 0 bridgehead atoms. The van der Waals surface area contributed by atoms with Crippen molar-refractivity contribution in [3.8, 4) is 11.3 Å². The van der Waals surface area contributed by atoms with Crippen LogP contribution in [0.1, 0.15) is 37.5 Å². The van der Waals surface area contributed by atoms with Gasteiger partial charge in [-0.3, -0.25) is 0 Å². The summed E-state index contributed by atoms with van der Waals surface area (Å²) < 4.78 is 0. The van der Waals surface area contributed by atoms with Crippen LogP contribution >= 0.6 is 0 Å². The largest absolute Gasteiger partial charge is 0.398 e. The van der Waals surface area contributed by atoms with Crippen molar-refractivity contribution in [2.75, 3.05) is 22.5 Å². The molecule has 30 heavy (non-hydrogen) atoms. The molecule has 0 saturated carbocycles. The molecule has 8 N–H and O–H groups in total. The third-order valence-electron chi connectivity index (χ3n) is 4.51. The Bertz CT molecular complexity index is 1060. The Labute approximate surface area is 178 Å². The molecule has 2 aromatic carbocycles. The SMILES string of the molecule is C=Cc1cc(CNc2nc(-c3ccc(N)c(C(C)=N)c3)ccc2N)ccc1N.CC. The van der Waals surface area contributed by atoms with Crippen LogP contribution in [0.3, 0.4) is 0 Å². The first kappa shape index (κ1) is 22.5. The zero-order valence-corrected chi connectivity index (χ0v) is 17.8. The van der Waals surface area contributed by atoms with E-state index in [4.69, 9.17) is 22.6 Å². The van der Waals surface area contributed by atoms with Crippen molar-refractivity contribution in [2.45, 2.75) is 27.3 Å². The third-order valence-corrected chi connectivity index (χ3v) is 4.51. The molecule has 6 heteroatoms. The molecule has 1 heterocycles. The van der Waals surface area contributed by atoms with Crippen molar-refractivity contribution in [2.24, 2.45) is 0 Å². The molecule has 0 spiro atoms. The molecule has 0 saturated heterocycles. The zero-order chi connectivity index (χ0) is 22.3. The molecule has 3 rings (SSSR count). The molecular formula is C24H30N6. The monoisotopic (exact) mass is 402 g/mol. The minimum Gasteiger partial charge on any atom is -0.398 e. The lowest BCUT2D eigenvalue weighted by atomic mass is 10.0. The Morgan fingerprint density at radius 2 is 1.67 bits per heavy atom. The van der Waals surface area contributed by atoms with Gasteiger partial charge in [-0.1, -0.05) is 38.6 Å². The second-order valence-corrected chi connectivity index (χ2v) is 6.58. The van der Waals surface area contributed by atoms with E-state index < -0.39 is 0 Å². The van der Waals surface area contributed by atoms with Crippen molar-refractivity contribution in [1.29, 1.82) is 5.41 Å². The fourth-order valence-electron chi connectivity index (χ4n) is 2.91. The Morgan fingerprint density at radius 1 is 1.00 bits per heavy atom. The van der Waals surface area contributed by atoms with Crippen LogP contribution in [0.2, 0.25) is 0 Å². The minimum atomic E-state index is 0.412. The number of benzene rings is 2. The molecule has 0 radical (unpaired) electrons. The van der Waals surface area contributed by atoms with Crippen LogP contribution in [0.4, 0.5) is 22.9 Å². The standard InChI is InChI=1S/C22H24N6.C2H6/c1-3-15-10-14(4-6-18(15)24)12-27-22-20(26)8-9-21(28-22)16-5-7-19(25)17(11-16)13(2)23;1-2/h3-11,23H,1,12,24-26H2,2H3,(H,27,28);1-2H3. The van der Waals surface area contributed by atoms with E-state index in [1.165, 1.54) is 0 Å². The number of nitrogens with one attached hydrogen (secondary N) is 2. The van der Waals surface area contributed by atoms with Crippen LogP contribution in [0.25, 0.3) is 17.3 Å². The van der Waals surface area contributed by atoms with Gasteiger partial charge in [0.2, 0.25) is 0 Å². The van der Waals surface area contributed by atoms with Gasteiger partial charge < -0.3 is 27.9 Å².